The number of hydrogen-bond acceptors (Lipinski definition) is 5. The summed E-state index contributed by atoms with van der Waals surface area (Å²) in [7, 11) is 0. The van der Waals surface area contributed by atoms with Crippen molar-refractivity contribution in [3.05, 3.63) is 76.2 Å². The molecule has 0 bridgehead atoms. The average Bonchev–Trinajstić information content (AvgIpc) is 2.75. The molecule has 0 spiro atoms. The third kappa shape index (κ3) is 5.97. The Kier molecular flexibility index (Phi) is 7.23. The SMILES string of the molecule is CCC(C)(C)c1ccc(SC2=C/C(=N/Nc3cc(C)cc(C(C)(C)C)c3O)C(=N)C=C2)cc1. The maximum Gasteiger partial charge on any atom is 0.144 e. The fraction of sp³-hybridized carbons (Fsp3) is 0.357. The van der Waals surface area contributed by atoms with Crippen molar-refractivity contribution in [3.8, 4) is 5.75 Å². The topological polar surface area (TPSA) is 68.5 Å². The molecule has 3 N–H and O–H groups in total. The summed E-state index contributed by atoms with van der Waals surface area (Å²) in [5.74, 6) is 0.198. The van der Waals surface area contributed by atoms with Crippen LogP contribution in [-0.2, 0) is 10.8 Å². The monoisotopic (exact) mass is 461 g/mol. The van der Waals surface area contributed by atoms with Crippen LogP contribution in [0.3, 0.4) is 0 Å². The molecule has 0 saturated heterocycles. The van der Waals surface area contributed by atoms with Gasteiger partial charge in [-0.3, -0.25) is 10.8 Å². The van der Waals surface area contributed by atoms with Gasteiger partial charge in [-0.1, -0.05) is 71.5 Å². The van der Waals surface area contributed by atoms with E-state index in [0.29, 0.717) is 17.1 Å². The van der Waals surface area contributed by atoms with E-state index in [1.54, 1.807) is 17.8 Å². The van der Waals surface area contributed by atoms with Crippen LogP contribution in [0.15, 0.2) is 69.5 Å². The van der Waals surface area contributed by atoms with Crippen LogP contribution in [0.25, 0.3) is 0 Å². The summed E-state index contributed by atoms with van der Waals surface area (Å²) in [6, 6.07) is 12.6. The molecule has 1 aliphatic rings. The molecule has 0 heterocycles. The molecule has 5 heteroatoms. The lowest BCUT2D eigenvalue weighted by Crippen LogP contribution is -2.15. The minimum Gasteiger partial charge on any atom is -0.505 e. The lowest BCUT2D eigenvalue weighted by Gasteiger charge is -2.23. The molecular weight excluding hydrogens is 426 g/mol. The van der Waals surface area contributed by atoms with Gasteiger partial charge in [-0.2, -0.15) is 5.10 Å². The van der Waals surface area contributed by atoms with Crippen molar-refractivity contribution in [1.29, 1.82) is 5.41 Å². The van der Waals surface area contributed by atoms with Crippen molar-refractivity contribution in [2.24, 2.45) is 5.10 Å². The van der Waals surface area contributed by atoms with Crippen LogP contribution in [0.4, 0.5) is 5.69 Å². The van der Waals surface area contributed by atoms with Gasteiger partial charge in [0.25, 0.3) is 0 Å². The summed E-state index contributed by atoms with van der Waals surface area (Å²) >= 11 is 1.65. The molecule has 0 radical (unpaired) electrons. The van der Waals surface area contributed by atoms with Gasteiger partial charge in [-0.05, 0) is 71.7 Å². The fourth-order valence-electron chi connectivity index (χ4n) is 3.54. The number of phenols is 1. The minimum atomic E-state index is -0.189. The van der Waals surface area contributed by atoms with E-state index >= 15 is 0 Å². The largest absolute Gasteiger partial charge is 0.505 e. The normalized spacial score (nSPS) is 15.7. The number of nitrogens with zero attached hydrogens (tertiary/aromatic N) is 1. The lowest BCUT2D eigenvalue weighted by molar-refractivity contribution is 0.448. The maximum absolute atomic E-state index is 10.8. The van der Waals surface area contributed by atoms with E-state index in [2.05, 4.69) is 76.3 Å². The van der Waals surface area contributed by atoms with E-state index in [1.165, 1.54) is 5.56 Å². The van der Waals surface area contributed by atoms with E-state index in [0.717, 1.165) is 27.3 Å². The molecule has 2 aromatic carbocycles. The van der Waals surface area contributed by atoms with Crippen LogP contribution in [0.5, 0.6) is 5.75 Å². The van der Waals surface area contributed by atoms with E-state index in [1.807, 2.05) is 31.2 Å². The number of anilines is 1. The third-order valence-corrected chi connectivity index (χ3v) is 7.08. The van der Waals surface area contributed by atoms with Gasteiger partial charge < -0.3 is 5.11 Å². The molecule has 0 aromatic heterocycles. The number of aryl methyl sites for hydroxylation is 1. The Labute approximate surface area is 202 Å². The van der Waals surface area contributed by atoms with Gasteiger partial charge >= 0.3 is 0 Å². The molecule has 0 amide bonds. The molecule has 0 aliphatic heterocycles. The van der Waals surface area contributed by atoms with Crippen molar-refractivity contribution in [2.45, 2.75) is 70.6 Å². The number of hydrazone groups is 1. The zero-order valence-electron chi connectivity index (χ0n) is 20.7. The highest BCUT2D eigenvalue weighted by Gasteiger charge is 2.21. The molecule has 0 atom stereocenters. The molecule has 33 heavy (non-hydrogen) atoms. The van der Waals surface area contributed by atoms with Gasteiger partial charge in [0.15, 0.2) is 0 Å². The first kappa shape index (κ1) is 24.8. The third-order valence-electron chi connectivity index (χ3n) is 6.08. The van der Waals surface area contributed by atoms with E-state index in [-0.39, 0.29) is 16.6 Å². The second-order valence-corrected chi connectivity index (χ2v) is 11.4. The Hall–Kier alpha value is -2.79. The second-order valence-electron chi connectivity index (χ2n) is 10.2. The summed E-state index contributed by atoms with van der Waals surface area (Å²) in [6.45, 7) is 15.0. The van der Waals surface area contributed by atoms with Crippen LogP contribution >= 0.6 is 11.8 Å². The Bertz CT molecular complexity index is 1130. The number of rotatable bonds is 6. The number of phenolic OH excluding ortho intramolecular Hbond substituents is 1. The van der Waals surface area contributed by atoms with Gasteiger partial charge in [0, 0.05) is 15.4 Å². The van der Waals surface area contributed by atoms with Crippen LogP contribution < -0.4 is 5.43 Å². The number of aromatic hydroxyl groups is 1. The van der Waals surface area contributed by atoms with Gasteiger partial charge in [0.1, 0.15) is 11.5 Å². The van der Waals surface area contributed by atoms with E-state index < -0.39 is 0 Å². The summed E-state index contributed by atoms with van der Waals surface area (Å²) in [5, 5.41) is 23.5. The Morgan fingerprint density at radius 1 is 1.03 bits per heavy atom. The molecule has 3 rings (SSSR count). The molecule has 1 aliphatic carbocycles. The number of hydrogen-bond donors (Lipinski definition) is 3. The summed E-state index contributed by atoms with van der Waals surface area (Å²) < 4.78 is 0. The van der Waals surface area contributed by atoms with Gasteiger partial charge in [0.2, 0.25) is 0 Å². The van der Waals surface area contributed by atoms with E-state index in [9.17, 15) is 5.11 Å². The zero-order valence-corrected chi connectivity index (χ0v) is 21.5. The first-order valence-corrected chi connectivity index (χ1v) is 12.2. The maximum atomic E-state index is 10.8. The average molecular weight is 462 g/mol. The first-order chi connectivity index (χ1) is 15.4. The van der Waals surface area contributed by atoms with Crippen molar-refractivity contribution in [1.82, 2.24) is 0 Å². The standard InChI is InChI=1S/C28H35N3OS/c1-8-28(6,7)19-9-11-20(12-10-19)33-21-13-14-23(29)24(17-21)30-31-25-16-18(2)15-22(26(25)32)27(3,4)5/h9-17,29,31-32H,8H2,1-7H3/b29-23?,30-24-. The van der Waals surface area contributed by atoms with Crippen molar-refractivity contribution in [3.63, 3.8) is 0 Å². The van der Waals surface area contributed by atoms with Crippen molar-refractivity contribution >= 4 is 28.9 Å². The van der Waals surface area contributed by atoms with Crippen LogP contribution in [0, 0.1) is 12.3 Å². The van der Waals surface area contributed by atoms with Crippen molar-refractivity contribution in [2.75, 3.05) is 5.43 Å². The van der Waals surface area contributed by atoms with Gasteiger partial charge in [-0.25, -0.2) is 0 Å². The summed E-state index contributed by atoms with van der Waals surface area (Å²) in [6.07, 6.45) is 6.70. The first-order valence-electron chi connectivity index (χ1n) is 11.4. The van der Waals surface area contributed by atoms with Crippen LogP contribution in [0.2, 0.25) is 0 Å². The lowest BCUT2D eigenvalue weighted by atomic mass is 9.82. The highest BCUT2D eigenvalue weighted by molar-refractivity contribution is 8.03. The number of benzene rings is 2. The fourth-order valence-corrected chi connectivity index (χ4v) is 4.39. The molecule has 174 valence electrons. The molecule has 2 aromatic rings. The number of allylic oxidation sites excluding steroid dienone is 3. The summed E-state index contributed by atoms with van der Waals surface area (Å²) in [5.41, 5.74) is 7.62. The molecule has 0 fully saturated rings. The minimum absolute atomic E-state index is 0.169. The van der Waals surface area contributed by atoms with E-state index in [4.69, 9.17) is 5.41 Å². The number of nitrogens with one attached hydrogen (secondary N) is 2. The van der Waals surface area contributed by atoms with Crippen LogP contribution in [-0.4, -0.2) is 16.5 Å². The van der Waals surface area contributed by atoms with Crippen LogP contribution in [0.1, 0.15) is 64.7 Å². The molecule has 0 saturated carbocycles. The highest BCUT2D eigenvalue weighted by Crippen LogP contribution is 2.37. The smallest absolute Gasteiger partial charge is 0.144 e. The number of thioether (sulfide) groups is 1. The van der Waals surface area contributed by atoms with Gasteiger partial charge in [-0.15, -0.1) is 0 Å². The highest BCUT2D eigenvalue weighted by atomic mass is 32.2. The zero-order chi connectivity index (χ0) is 24.4. The quantitative estimate of drug-likeness (QED) is 0.234. The molecular formula is C28H35N3OS. The Morgan fingerprint density at radius 2 is 1.70 bits per heavy atom. The predicted octanol–water partition coefficient (Wildman–Crippen LogP) is 7.72. The second kappa shape index (κ2) is 9.60. The Morgan fingerprint density at radius 3 is 2.30 bits per heavy atom. The Balaban J connectivity index is 1.81. The summed E-state index contributed by atoms with van der Waals surface area (Å²) in [4.78, 5) is 2.16. The molecule has 0 unspecified atom stereocenters. The molecule has 4 nitrogen and oxygen atoms in total. The predicted molar refractivity (Wildman–Crippen MR) is 143 cm³/mol. The van der Waals surface area contributed by atoms with Gasteiger partial charge in [0.05, 0.1) is 11.4 Å². The van der Waals surface area contributed by atoms with Crippen molar-refractivity contribution < 1.29 is 5.11 Å².